The number of nitrogens with zero attached hydrogens (tertiary/aromatic N) is 1. The van der Waals surface area contributed by atoms with E-state index in [1.165, 1.54) is 0 Å². The van der Waals surface area contributed by atoms with Crippen LogP contribution in [0.3, 0.4) is 0 Å². The number of hydrogen-bond donors (Lipinski definition) is 0. The Kier molecular flexibility index (Phi) is 3.42. The van der Waals surface area contributed by atoms with Crippen LogP contribution in [0.5, 0.6) is 0 Å². The van der Waals surface area contributed by atoms with E-state index in [1.807, 2.05) is 17.5 Å². The molecule has 1 unspecified atom stereocenters. The monoisotopic (exact) mass is 303 g/mol. The van der Waals surface area contributed by atoms with Crippen LogP contribution < -0.4 is 9.67 Å². The molecule has 3 aromatic rings. The Morgan fingerprint density at radius 3 is 2.80 bits per heavy atom. The van der Waals surface area contributed by atoms with Crippen molar-refractivity contribution in [2.45, 2.75) is 6.04 Å². The van der Waals surface area contributed by atoms with E-state index in [-0.39, 0.29) is 0 Å². The molecule has 3 nitrogen and oxygen atoms in total. The lowest BCUT2D eigenvalue weighted by Crippen LogP contribution is -2.49. The molecule has 100 valence electrons. The summed E-state index contributed by atoms with van der Waals surface area (Å²) in [5.41, 5.74) is 0.522. The van der Waals surface area contributed by atoms with Crippen LogP contribution in [0.2, 0.25) is 5.02 Å². The van der Waals surface area contributed by atoms with Gasteiger partial charge in [-0.1, -0.05) is 29.8 Å². The third-order valence-electron chi connectivity index (χ3n) is 3.13. The Hall–Kier alpha value is -1.91. The third kappa shape index (κ3) is 2.28. The number of halogens is 1. The zero-order valence-electron chi connectivity index (χ0n) is 10.3. The van der Waals surface area contributed by atoms with Crippen molar-refractivity contribution in [2.75, 3.05) is 0 Å². The van der Waals surface area contributed by atoms with Gasteiger partial charge in [0.25, 0.3) is 0 Å². The van der Waals surface area contributed by atoms with Gasteiger partial charge in [0.2, 0.25) is 6.04 Å². The minimum absolute atomic E-state index is 0.416. The number of carboxylic acid groups (broad SMARTS) is 1. The summed E-state index contributed by atoms with van der Waals surface area (Å²) in [5.74, 6) is -1.18. The Bertz CT molecular complexity index is 784. The summed E-state index contributed by atoms with van der Waals surface area (Å²) < 4.78 is 2.73. The van der Waals surface area contributed by atoms with Crippen LogP contribution in [0.1, 0.15) is 11.6 Å². The number of thiophene rings is 1. The number of rotatable bonds is 3. The van der Waals surface area contributed by atoms with E-state index in [4.69, 9.17) is 11.6 Å². The van der Waals surface area contributed by atoms with Crippen molar-refractivity contribution in [3.8, 4) is 0 Å². The van der Waals surface area contributed by atoms with Crippen LogP contribution in [0.25, 0.3) is 10.1 Å². The predicted octanol–water partition coefficient (Wildman–Crippen LogP) is 2.18. The molecule has 0 amide bonds. The molecular formula is C15H10ClNO2S. The summed E-state index contributed by atoms with van der Waals surface area (Å²) in [6.45, 7) is 0. The van der Waals surface area contributed by atoms with Gasteiger partial charge in [0.1, 0.15) is 5.97 Å². The number of pyridine rings is 1. The second-order valence-corrected chi connectivity index (χ2v) is 5.73. The van der Waals surface area contributed by atoms with Crippen LogP contribution in [0.15, 0.2) is 54.2 Å². The number of benzene rings is 1. The highest BCUT2D eigenvalue weighted by Gasteiger charge is 2.25. The van der Waals surface area contributed by atoms with E-state index in [1.54, 1.807) is 52.6 Å². The van der Waals surface area contributed by atoms with E-state index < -0.39 is 12.0 Å². The molecular weight excluding hydrogens is 294 g/mol. The molecule has 2 aromatic heterocycles. The maximum atomic E-state index is 11.5. The minimum Gasteiger partial charge on any atom is -0.543 e. The van der Waals surface area contributed by atoms with E-state index >= 15 is 0 Å². The molecule has 2 heterocycles. The van der Waals surface area contributed by atoms with Gasteiger partial charge in [-0.25, -0.2) is 0 Å². The molecule has 0 spiro atoms. The first-order chi connectivity index (χ1) is 9.66. The van der Waals surface area contributed by atoms with Crippen LogP contribution in [-0.2, 0) is 4.79 Å². The molecule has 0 aliphatic carbocycles. The Morgan fingerprint density at radius 2 is 2.05 bits per heavy atom. The minimum atomic E-state index is -1.18. The highest BCUT2D eigenvalue weighted by atomic mass is 35.5. The lowest BCUT2D eigenvalue weighted by molar-refractivity contribution is -0.705. The van der Waals surface area contributed by atoms with Gasteiger partial charge in [0.15, 0.2) is 12.4 Å². The molecule has 3 rings (SSSR count). The van der Waals surface area contributed by atoms with E-state index in [2.05, 4.69) is 0 Å². The molecule has 0 N–H and O–H groups in total. The largest absolute Gasteiger partial charge is 0.543 e. The number of aliphatic carboxylic acids is 1. The number of fused-ring (bicyclic) bond motifs is 1. The van der Waals surface area contributed by atoms with E-state index in [0.717, 1.165) is 10.1 Å². The fourth-order valence-corrected chi connectivity index (χ4v) is 3.19. The van der Waals surface area contributed by atoms with Gasteiger partial charge in [-0.15, -0.1) is 11.3 Å². The maximum Gasteiger partial charge on any atom is 0.224 e. The Balaban J connectivity index is 2.15. The Morgan fingerprint density at radius 1 is 1.25 bits per heavy atom. The fourth-order valence-electron chi connectivity index (χ4n) is 2.20. The number of carbonyl (C=O) groups excluding carboxylic acids is 1. The predicted molar refractivity (Wildman–Crippen MR) is 76.6 cm³/mol. The summed E-state index contributed by atoms with van der Waals surface area (Å²) in [4.78, 5) is 11.5. The number of carboxylic acids is 1. The van der Waals surface area contributed by atoms with Crippen LogP contribution in [-0.4, -0.2) is 5.97 Å². The second-order valence-electron chi connectivity index (χ2n) is 4.38. The molecule has 5 heteroatoms. The zero-order chi connectivity index (χ0) is 14.1. The maximum absolute atomic E-state index is 11.5. The zero-order valence-corrected chi connectivity index (χ0v) is 11.9. The van der Waals surface area contributed by atoms with Gasteiger partial charge >= 0.3 is 0 Å². The summed E-state index contributed by atoms with van der Waals surface area (Å²) in [6.07, 6.45) is 3.54. The molecule has 0 aliphatic heterocycles. The quantitative estimate of drug-likeness (QED) is 0.696. The number of hydrogen-bond acceptors (Lipinski definition) is 3. The topological polar surface area (TPSA) is 44.0 Å². The van der Waals surface area contributed by atoms with Gasteiger partial charge < -0.3 is 9.90 Å². The summed E-state index contributed by atoms with van der Waals surface area (Å²) in [6, 6.07) is 9.82. The average Bonchev–Trinajstić information content (AvgIpc) is 2.88. The molecule has 0 fully saturated rings. The molecule has 20 heavy (non-hydrogen) atoms. The normalized spacial score (nSPS) is 12.4. The van der Waals surface area contributed by atoms with E-state index in [9.17, 15) is 9.90 Å². The molecule has 0 saturated carbocycles. The van der Waals surface area contributed by atoms with Crippen molar-refractivity contribution < 1.29 is 14.5 Å². The second kappa shape index (κ2) is 5.23. The fraction of sp³-hybridized carbons (Fsp3) is 0.0667. The first-order valence-corrected chi connectivity index (χ1v) is 7.26. The third-order valence-corrected chi connectivity index (χ3v) is 4.38. The standard InChI is InChI=1S/C15H10ClNO2S/c16-12-4-2-1-3-11(12)14(15(18)19)17-7-5-13-10(9-17)6-8-20-13/h1-9,14H. The first kappa shape index (κ1) is 13.1. The lowest BCUT2D eigenvalue weighted by Gasteiger charge is -2.15. The van der Waals surface area contributed by atoms with Crippen molar-refractivity contribution >= 4 is 39.0 Å². The molecule has 0 aliphatic rings. The summed E-state index contributed by atoms with van der Waals surface area (Å²) in [7, 11) is 0. The van der Waals surface area contributed by atoms with Crippen molar-refractivity contribution in [1.82, 2.24) is 0 Å². The molecule has 0 bridgehead atoms. The molecule has 0 saturated heterocycles. The van der Waals surface area contributed by atoms with Gasteiger partial charge in [-0.05, 0) is 17.5 Å². The van der Waals surface area contributed by atoms with Crippen molar-refractivity contribution in [3.05, 3.63) is 64.8 Å². The summed E-state index contributed by atoms with van der Waals surface area (Å²) >= 11 is 7.72. The molecule has 0 radical (unpaired) electrons. The van der Waals surface area contributed by atoms with Crippen LogP contribution >= 0.6 is 22.9 Å². The lowest BCUT2D eigenvalue weighted by atomic mass is 10.1. The smallest absolute Gasteiger partial charge is 0.224 e. The van der Waals surface area contributed by atoms with Crippen molar-refractivity contribution in [3.63, 3.8) is 0 Å². The average molecular weight is 304 g/mol. The van der Waals surface area contributed by atoms with Crippen molar-refractivity contribution in [2.24, 2.45) is 0 Å². The van der Waals surface area contributed by atoms with Gasteiger partial charge in [-0.2, -0.15) is 4.57 Å². The highest BCUT2D eigenvalue weighted by molar-refractivity contribution is 7.17. The highest BCUT2D eigenvalue weighted by Crippen LogP contribution is 2.24. The van der Waals surface area contributed by atoms with Gasteiger partial charge in [0.05, 0.1) is 10.4 Å². The van der Waals surface area contributed by atoms with Crippen molar-refractivity contribution in [1.29, 1.82) is 0 Å². The number of aromatic nitrogens is 1. The Labute approximate surface area is 124 Å². The summed E-state index contributed by atoms with van der Waals surface area (Å²) in [5, 5.41) is 14.9. The SMILES string of the molecule is O=C([O-])C(c1ccccc1Cl)[n+]1ccc2sccc2c1. The number of carbonyl (C=O) groups is 1. The van der Waals surface area contributed by atoms with Crippen LogP contribution in [0, 0.1) is 0 Å². The van der Waals surface area contributed by atoms with Gasteiger partial charge in [0, 0.05) is 16.3 Å². The van der Waals surface area contributed by atoms with Gasteiger partial charge in [-0.3, -0.25) is 0 Å². The van der Waals surface area contributed by atoms with E-state index in [0.29, 0.717) is 10.6 Å². The molecule has 1 aromatic carbocycles. The van der Waals surface area contributed by atoms with Crippen LogP contribution in [0.4, 0.5) is 0 Å². The molecule has 1 atom stereocenters. The first-order valence-electron chi connectivity index (χ1n) is 6.00.